The Morgan fingerprint density at radius 2 is 2.00 bits per heavy atom. The molecule has 0 aromatic rings. The molecule has 0 aliphatic carbocycles. The number of nitrogens with one attached hydrogen (secondary N) is 1. The van der Waals surface area contributed by atoms with Crippen LogP contribution in [0.4, 0.5) is 0 Å². The van der Waals surface area contributed by atoms with E-state index < -0.39 is 0 Å². The number of hydrogen-bond donors (Lipinski definition) is 1. The molecule has 0 aromatic carbocycles. The summed E-state index contributed by atoms with van der Waals surface area (Å²) in [6.07, 6.45) is 1.24. The zero-order chi connectivity index (χ0) is 9.68. The smallest absolute Gasteiger partial charge is 0.0368 e. The summed E-state index contributed by atoms with van der Waals surface area (Å²) < 4.78 is 0. The summed E-state index contributed by atoms with van der Waals surface area (Å²) in [5.74, 6) is 0. The molecule has 0 amide bonds. The van der Waals surface area contributed by atoms with Gasteiger partial charge in [0.1, 0.15) is 0 Å². The van der Waals surface area contributed by atoms with Crippen molar-refractivity contribution >= 4 is 0 Å². The van der Waals surface area contributed by atoms with Crippen molar-refractivity contribution in [2.75, 3.05) is 32.7 Å². The monoisotopic (exact) mass is 185 g/mol. The molecule has 3 heteroatoms. The molecule has 1 atom stereocenters. The Kier molecular flexibility index (Phi) is 4.70. The minimum absolute atomic E-state index is 0.702. The van der Waals surface area contributed by atoms with Crippen molar-refractivity contribution < 1.29 is 0 Å². The highest BCUT2D eigenvalue weighted by molar-refractivity contribution is 4.76. The van der Waals surface area contributed by atoms with Gasteiger partial charge in [-0.25, -0.2) is 10.0 Å². The summed E-state index contributed by atoms with van der Waals surface area (Å²) in [6.45, 7) is 12.4. The van der Waals surface area contributed by atoms with Crippen LogP contribution in [-0.4, -0.2) is 48.8 Å². The van der Waals surface area contributed by atoms with Crippen molar-refractivity contribution in [3.8, 4) is 0 Å². The molecule has 1 saturated heterocycles. The molecule has 0 bridgehead atoms. The molecule has 1 fully saturated rings. The highest BCUT2D eigenvalue weighted by atomic mass is 15.6. The SMILES string of the molecule is CCC1CNCCN1N(CC)CC. The van der Waals surface area contributed by atoms with Gasteiger partial charge in [0.25, 0.3) is 0 Å². The first kappa shape index (κ1) is 11.0. The van der Waals surface area contributed by atoms with Crippen LogP contribution in [-0.2, 0) is 0 Å². The third-order valence-electron chi connectivity index (χ3n) is 2.88. The van der Waals surface area contributed by atoms with E-state index in [0.717, 1.165) is 26.2 Å². The van der Waals surface area contributed by atoms with Crippen LogP contribution in [0.3, 0.4) is 0 Å². The lowest BCUT2D eigenvalue weighted by atomic mass is 10.2. The van der Waals surface area contributed by atoms with E-state index in [1.165, 1.54) is 13.0 Å². The average molecular weight is 185 g/mol. The number of rotatable bonds is 4. The fourth-order valence-corrected chi connectivity index (χ4v) is 2.06. The van der Waals surface area contributed by atoms with Gasteiger partial charge in [-0.3, -0.25) is 0 Å². The lowest BCUT2D eigenvalue weighted by molar-refractivity contribution is -0.0658. The molecule has 3 nitrogen and oxygen atoms in total. The topological polar surface area (TPSA) is 18.5 Å². The zero-order valence-corrected chi connectivity index (χ0v) is 9.21. The van der Waals surface area contributed by atoms with Gasteiger partial charge in [0.2, 0.25) is 0 Å². The van der Waals surface area contributed by atoms with Gasteiger partial charge in [-0.2, -0.15) is 0 Å². The minimum Gasteiger partial charge on any atom is -0.314 e. The summed E-state index contributed by atoms with van der Waals surface area (Å²) in [5.41, 5.74) is 0. The summed E-state index contributed by atoms with van der Waals surface area (Å²) in [6, 6.07) is 0.702. The highest BCUT2D eigenvalue weighted by Gasteiger charge is 2.23. The number of nitrogens with zero attached hydrogens (tertiary/aromatic N) is 2. The van der Waals surface area contributed by atoms with E-state index in [9.17, 15) is 0 Å². The second-order valence-corrected chi connectivity index (χ2v) is 3.57. The van der Waals surface area contributed by atoms with Gasteiger partial charge in [0.15, 0.2) is 0 Å². The van der Waals surface area contributed by atoms with Crippen LogP contribution < -0.4 is 5.32 Å². The van der Waals surface area contributed by atoms with Crippen molar-refractivity contribution in [1.29, 1.82) is 0 Å². The van der Waals surface area contributed by atoms with Gasteiger partial charge >= 0.3 is 0 Å². The van der Waals surface area contributed by atoms with Gasteiger partial charge < -0.3 is 5.32 Å². The van der Waals surface area contributed by atoms with Crippen molar-refractivity contribution in [3.63, 3.8) is 0 Å². The maximum atomic E-state index is 3.45. The van der Waals surface area contributed by atoms with Gasteiger partial charge in [-0.1, -0.05) is 20.8 Å². The molecule has 0 aromatic heterocycles. The lowest BCUT2D eigenvalue weighted by Crippen LogP contribution is -2.58. The van der Waals surface area contributed by atoms with E-state index in [4.69, 9.17) is 0 Å². The molecule has 1 N–H and O–H groups in total. The quantitative estimate of drug-likeness (QED) is 0.703. The van der Waals surface area contributed by atoms with Gasteiger partial charge in [0, 0.05) is 38.8 Å². The second-order valence-electron chi connectivity index (χ2n) is 3.57. The van der Waals surface area contributed by atoms with Crippen LogP contribution >= 0.6 is 0 Å². The highest BCUT2D eigenvalue weighted by Crippen LogP contribution is 2.10. The van der Waals surface area contributed by atoms with Gasteiger partial charge in [0.05, 0.1) is 0 Å². The first-order chi connectivity index (χ1) is 6.33. The Balaban J connectivity index is 2.51. The number of piperazine rings is 1. The molecule has 0 spiro atoms. The first-order valence-electron chi connectivity index (χ1n) is 5.55. The minimum atomic E-state index is 0.702. The predicted molar refractivity (Wildman–Crippen MR) is 56.6 cm³/mol. The second kappa shape index (κ2) is 5.58. The van der Waals surface area contributed by atoms with E-state index in [0.29, 0.717) is 6.04 Å². The molecular weight excluding hydrogens is 162 g/mol. The lowest BCUT2D eigenvalue weighted by Gasteiger charge is -2.42. The Hall–Kier alpha value is -0.120. The van der Waals surface area contributed by atoms with Crippen LogP contribution in [0, 0.1) is 0 Å². The van der Waals surface area contributed by atoms with Gasteiger partial charge in [-0.15, -0.1) is 0 Å². The molecule has 0 saturated carbocycles. The zero-order valence-electron chi connectivity index (χ0n) is 9.21. The molecule has 1 aliphatic heterocycles. The Labute approximate surface area is 82.1 Å². The maximum absolute atomic E-state index is 3.45. The predicted octanol–water partition coefficient (Wildman–Crippen LogP) is 0.927. The normalized spacial score (nSPS) is 25.4. The van der Waals surface area contributed by atoms with E-state index in [1.807, 2.05) is 0 Å². The van der Waals surface area contributed by atoms with E-state index in [1.54, 1.807) is 0 Å². The van der Waals surface area contributed by atoms with Crippen LogP contribution in [0.25, 0.3) is 0 Å². The van der Waals surface area contributed by atoms with Crippen LogP contribution in [0.1, 0.15) is 27.2 Å². The standard InChI is InChI=1S/C10H23N3/c1-4-10-9-11-7-8-13(10)12(5-2)6-3/h10-11H,4-9H2,1-3H3. The number of hydrogen-bond acceptors (Lipinski definition) is 3. The van der Waals surface area contributed by atoms with Crippen LogP contribution in [0.2, 0.25) is 0 Å². The van der Waals surface area contributed by atoms with Crippen molar-refractivity contribution in [1.82, 2.24) is 15.3 Å². The third-order valence-corrected chi connectivity index (χ3v) is 2.88. The number of hydrazine groups is 1. The molecule has 1 unspecified atom stereocenters. The first-order valence-corrected chi connectivity index (χ1v) is 5.55. The summed E-state index contributed by atoms with van der Waals surface area (Å²) in [7, 11) is 0. The third kappa shape index (κ3) is 2.66. The van der Waals surface area contributed by atoms with E-state index in [2.05, 4.69) is 36.1 Å². The molecule has 1 heterocycles. The molecule has 1 rings (SSSR count). The Bertz CT molecular complexity index is 127. The van der Waals surface area contributed by atoms with Crippen molar-refractivity contribution in [2.45, 2.75) is 33.2 Å². The Morgan fingerprint density at radius 1 is 1.31 bits per heavy atom. The summed E-state index contributed by atoms with van der Waals surface area (Å²) >= 11 is 0. The van der Waals surface area contributed by atoms with Gasteiger partial charge in [-0.05, 0) is 6.42 Å². The summed E-state index contributed by atoms with van der Waals surface area (Å²) in [4.78, 5) is 0. The van der Waals surface area contributed by atoms with E-state index >= 15 is 0 Å². The maximum Gasteiger partial charge on any atom is 0.0368 e. The Morgan fingerprint density at radius 3 is 2.54 bits per heavy atom. The van der Waals surface area contributed by atoms with Crippen molar-refractivity contribution in [2.24, 2.45) is 0 Å². The fourth-order valence-electron chi connectivity index (χ4n) is 2.06. The van der Waals surface area contributed by atoms with Crippen molar-refractivity contribution in [3.05, 3.63) is 0 Å². The molecule has 0 radical (unpaired) electrons. The van der Waals surface area contributed by atoms with E-state index in [-0.39, 0.29) is 0 Å². The average Bonchev–Trinajstić information content (AvgIpc) is 2.20. The van der Waals surface area contributed by atoms with Crippen LogP contribution in [0.5, 0.6) is 0 Å². The molecule has 13 heavy (non-hydrogen) atoms. The van der Waals surface area contributed by atoms with Crippen LogP contribution in [0.15, 0.2) is 0 Å². The molecule has 1 aliphatic rings. The summed E-state index contributed by atoms with van der Waals surface area (Å²) in [5, 5.41) is 8.44. The fraction of sp³-hybridized carbons (Fsp3) is 1.00. The molecule has 78 valence electrons. The molecular formula is C10H23N3. The largest absolute Gasteiger partial charge is 0.314 e.